The molecule has 0 aliphatic rings. The van der Waals surface area contributed by atoms with Gasteiger partial charge in [0.15, 0.2) is 0 Å². The lowest BCUT2D eigenvalue weighted by Crippen LogP contribution is -2.23. The first-order chi connectivity index (χ1) is 12.1. The van der Waals surface area contributed by atoms with Gasteiger partial charge in [-0.1, -0.05) is 0 Å². The molecule has 25 heavy (non-hydrogen) atoms. The second-order valence-electron chi connectivity index (χ2n) is 4.85. The van der Waals surface area contributed by atoms with Crippen molar-refractivity contribution in [1.82, 2.24) is 34.9 Å². The van der Waals surface area contributed by atoms with Gasteiger partial charge in [-0.3, -0.25) is 0 Å². The summed E-state index contributed by atoms with van der Waals surface area (Å²) in [6.45, 7) is 0.0586. The summed E-state index contributed by atoms with van der Waals surface area (Å²) in [6.07, 6.45) is 3.06. The van der Waals surface area contributed by atoms with E-state index < -0.39 is 10.0 Å². The van der Waals surface area contributed by atoms with Crippen molar-refractivity contribution >= 4 is 10.0 Å². The normalized spacial score (nSPS) is 11.2. The number of nitrogens with one attached hydrogen (secondary N) is 1. The molecule has 0 fully saturated rings. The molecule has 3 rings (SSSR count). The van der Waals surface area contributed by atoms with Crippen molar-refractivity contribution in [2.75, 3.05) is 6.54 Å². The lowest BCUT2D eigenvalue weighted by Gasteiger charge is -2.03. The standard InChI is InChI=1S/C14H12N8O2S/c15-6-8-18-25(23,24)13-3-1-11(2-4-13)14-19-21-22(20-14)9-12-5-7-16-10-17-12/h1-5,7,10,18H,8-9H2. The van der Waals surface area contributed by atoms with Crippen molar-refractivity contribution in [2.24, 2.45) is 0 Å². The SMILES string of the molecule is N#CCNS(=O)(=O)c1ccc(-c2nnn(Cc3ccncn3)n2)cc1. The lowest BCUT2D eigenvalue weighted by molar-refractivity contribution is 0.563. The molecule has 1 aromatic carbocycles. The monoisotopic (exact) mass is 356 g/mol. The van der Waals surface area contributed by atoms with E-state index in [1.165, 1.54) is 23.3 Å². The van der Waals surface area contributed by atoms with Crippen LogP contribution >= 0.6 is 0 Å². The van der Waals surface area contributed by atoms with Crippen molar-refractivity contribution in [3.05, 3.63) is 48.5 Å². The Morgan fingerprint density at radius 2 is 2.00 bits per heavy atom. The Labute approximate surface area is 143 Å². The first-order valence-corrected chi connectivity index (χ1v) is 8.56. The molecule has 0 bridgehead atoms. The Morgan fingerprint density at radius 3 is 2.68 bits per heavy atom. The van der Waals surface area contributed by atoms with Crippen LogP contribution in [0, 0.1) is 11.3 Å². The average molecular weight is 356 g/mol. The topological polar surface area (TPSA) is 139 Å². The number of hydrogen-bond donors (Lipinski definition) is 1. The van der Waals surface area contributed by atoms with E-state index in [4.69, 9.17) is 5.26 Å². The van der Waals surface area contributed by atoms with Crippen LogP contribution in [0.1, 0.15) is 5.69 Å². The van der Waals surface area contributed by atoms with Crippen LogP contribution in [-0.2, 0) is 16.6 Å². The first-order valence-electron chi connectivity index (χ1n) is 7.08. The Kier molecular flexibility index (Phi) is 4.73. The molecule has 0 aliphatic carbocycles. The molecular weight excluding hydrogens is 344 g/mol. The van der Waals surface area contributed by atoms with Crippen LogP contribution in [0.4, 0.5) is 0 Å². The summed E-state index contributed by atoms with van der Waals surface area (Å²) in [5.74, 6) is 0.364. The van der Waals surface area contributed by atoms with Crippen molar-refractivity contribution in [1.29, 1.82) is 5.26 Å². The zero-order valence-corrected chi connectivity index (χ0v) is 13.6. The van der Waals surface area contributed by atoms with Gasteiger partial charge in [-0.25, -0.2) is 18.4 Å². The molecule has 0 radical (unpaired) electrons. The van der Waals surface area contributed by atoms with Crippen molar-refractivity contribution < 1.29 is 8.42 Å². The quantitative estimate of drug-likeness (QED) is 0.608. The fraction of sp³-hybridized carbons (Fsp3) is 0.143. The highest BCUT2D eigenvalue weighted by Crippen LogP contribution is 2.17. The fourth-order valence-electron chi connectivity index (χ4n) is 1.98. The highest BCUT2D eigenvalue weighted by atomic mass is 32.2. The van der Waals surface area contributed by atoms with Gasteiger partial charge in [-0.05, 0) is 35.5 Å². The molecule has 126 valence electrons. The van der Waals surface area contributed by atoms with Gasteiger partial charge in [-0.2, -0.15) is 14.8 Å². The second kappa shape index (κ2) is 7.12. The molecule has 2 aromatic heterocycles. The number of aromatic nitrogens is 6. The largest absolute Gasteiger partial charge is 0.245 e. The molecular formula is C14H12N8O2S. The molecule has 0 spiro atoms. The molecule has 0 amide bonds. The highest BCUT2D eigenvalue weighted by molar-refractivity contribution is 7.89. The van der Waals surface area contributed by atoms with Crippen molar-refractivity contribution in [3.63, 3.8) is 0 Å². The molecule has 1 N–H and O–H groups in total. The molecule has 0 aliphatic heterocycles. The maximum absolute atomic E-state index is 11.9. The Hall–Kier alpha value is -3.23. The highest BCUT2D eigenvalue weighted by Gasteiger charge is 2.14. The Bertz CT molecular complexity index is 993. The van der Waals surface area contributed by atoms with Gasteiger partial charge in [-0.15, -0.1) is 10.2 Å². The van der Waals surface area contributed by atoms with Crippen molar-refractivity contribution in [3.8, 4) is 17.5 Å². The zero-order chi connectivity index (χ0) is 17.7. The van der Waals surface area contributed by atoms with Crippen LogP contribution in [-0.4, -0.2) is 45.1 Å². The molecule has 0 saturated heterocycles. The third kappa shape index (κ3) is 4.00. The lowest BCUT2D eigenvalue weighted by atomic mass is 10.2. The summed E-state index contributed by atoms with van der Waals surface area (Å²) in [4.78, 5) is 9.36. The second-order valence-corrected chi connectivity index (χ2v) is 6.62. The van der Waals surface area contributed by atoms with E-state index in [-0.39, 0.29) is 11.4 Å². The van der Waals surface area contributed by atoms with Crippen LogP contribution in [0.3, 0.4) is 0 Å². The van der Waals surface area contributed by atoms with Crippen LogP contribution in [0.15, 0.2) is 47.8 Å². The minimum atomic E-state index is -3.71. The summed E-state index contributed by atoms with van der Waals surface area (Å²) in [7, 11) is -3.71. The molecule has 11 heteroatoms. The van der Waals surface area contributed by atoms with E-state index in [0.717, 1.165) is 5.69 Å². The van der Waals surface area contributed by atoms with E-state index in [0.29, 0.717) is 17.9 Å². The molecule has 0 saturated carbocycles. The van der Waals surface area contributed by atoms with Gasteiger partial charge in [0, 0.05) is 11.8 Å². The zero-order valence-electron chi connectivity index (χ0n) is 12.8. The van der Waals surface area contributed by atoms with Gasteiger partial charge >= 0.3 is 0 Å². The van der Waals surface area contributed by atoms with Gasteiger partial charge < -0.3 is 0 Å². The van der Waals surface area contributed by atoms with E-state index in [1.54, 1.807) is 30.5 Å². The summed E-state index contributed by atoms with van der Waals surface area (Å²) >= 11 is 0. The summed E-state index contributed by atoms with van der Waals surface area (Å²) in [5, 5.41) is 20.6. The van der Waals surface area contributed by atoms with E-state index >= 15 is 0 Å². The Morgan fingerprint density at radius 1 is 1.20 bits per heavy atom. The summed E-state index contributed by atoms with van der Waals surface area (Å²) < 4.78 is 26.0. The number of sulfonamides is 1. The van der Waals surface area contributed by atoms with Crippen LogP contribution in [0.5, 0.6) is 0 Å². The minimum absolute atomic E-state index is 0.0554. The smallest absolute Gasteiger partial charge is 0.241 e. The molecule has 3 aromatic rings. The molecule has 2 heterocycles. The number of rotatable bonds is 6. The first kappa shape index (κ1) is 16.6. The number of tetrazole rings is 1. The third-order valence-electron chi connectivity index (χ3n) is 3.16. The average Bonchev–Trinajstić information content (AvgIpc) is 3.09. The van der Waals surface area contributed by atoms with Gasteiger partial charge in [0.05, 0.1) is 23.2 Å². The van der Waals surface area contributed by atoms with Gasteiger partial charge in [0.1, 0.15) is 12.9 Å². The predicted octanol–water partition coefficient (Wildman–Crippen LogP) is -0.0197. The number of nitriles is 1. The minimum Gasteiger partial charge on any atom is -0.245 e. The van der Waals surface area contributed by atoms with Crippen LogP contribution in [0.2, 0.25) is 0 Å². The van der Waals surface area contributed by atoms with Gasteiger partial charge in [0.2, 0.25) is 15.8 Å². The van der Waals surface area contributed by atoms with E-state index in [1.807, 2.05) is 0 Å². The predicted molar refractivity (Wildman–Crippen MR) is 85.2 cm³/mol. The van der Waals surface area contributed by atoms with Crippen LogP contribution in [0.25, 0.3) is 11.4 Å². The summed E-state index contributed by atoms with van der Waals surface area (Å²) in [5.41, 5.74) is 1.36. The van der Waals surface area contributed by atoms with E-state index in [9.17, 15) is 8.42 Å². The Balaban J connectivity index is 1.76. The maximum Gasteiger partial charge on any atom is 0.241 e. The molecule has 0 atom stereocenters. The maximum atomic E-state index is 11.9. The van der Waals surface area contributed by atoms with Crippen molar-refractivity contribution in [2.45, 2.75) is 11.4 Å². The number of nitrogens with zero attached hydrogens (tertiary/aromatic N) is 7. The van der Waals surface area contributed by atoms with Gasteiger partial charge in [0.25, 0.3) is 0 Å². The summed E-state index contributed by atoms with van der Waals surface area (Å²) in [6, 6.07) is 9.46. The third-order valence-corrected chi connectivity index (χ3v) is 4.58. The fourth-order valence-corrected chi connectivity index (χ4v) is 2.89. The van der Waals surface area contributed by atoms with Crippen LogP contribution < -0.4 is 4.72 Å². The number of benzene rings is 1. The molecule has 0 unspecified atom stereocenters. The number of hydrogen-bond acceptors (Lipinski definition) is 8. The van der Waals surface area contributed by atoms with E-state index in [2.05, 4.69) is 30.1 Å². The molecule has 10 nitrogen and oxygen atoms in total.